The highest BCUT2D eigenvalue weighted by molar-refractivity contribution is 5.94. The second kappa shape index (κ2) is 12.4. The highest BCUT2D eigenvalue weighted by atomic mass is 19.4. The lowest BCUT2D eigenvalue weighted by Crippen LogP contribution is -2.59. The fraction of sp³-hybridized carbons (Fsp3) is 0.533. The summed E-state index contributed by atoms with van der Waals surface area (Å²) in [5.74, 6) is -1.17. The first kappa shape index (κ1) is 31.1. The Balaban J connectivity index is 1.31. The monoisotopic (exact) mass is 613 g/mol. The third-order valence-electron chi connectivity index (χ3n) is 8.53. The van der Waals surface area contributed by atoms with Crippen molar-refractivity contribution in [2.24, 2.45) is 0 Å². The highest BCUT2D eigenvalue weighted by Gasteiger charge is 2.51. The smallest absolute Gasteiger partial charge is 0.416 e. The number of carbonyl (C=O) groups is 2. The molecule has 0 N–H and O–H groups in total. The van der Waals surface area contributed by atoms with Gasteiger partial charge in [0, 0.05) is 70.1 Å². The van der Waals surface area contributed by atoms with Gasteiger partial charge in [-0.2, -0.15) is 26.3 Å². The van der Waals surface area contributed by atoms with Crippen LogP contribution in [0.25, 0.3) is 0 Å². The molecule has 5 rings (SSSR count). The van der Waals surface area contributed by atoms with Gasteiger partial charge in [-0.1, -0.05) is 30.3 Å². The molecule has 43 heavy (non-hydrogen) atoms. The van der Waals surface area contributed by atoms with Gasteiger partial charge < -0.3 is 19.3 Å². The average molecular weight is 614 g/mol. The van der Waals surface area contributed by atoms with Crippen LogP contribution in [0.4, 0.5) is 31.1 Å². The Bertz CT molecular complexity index is 1260. The maximum absolute atomic E-state index is 13.4. The minimum atomic E-state index is -5.06. The van der Waals surface area contributed by atoms with E-state index in [0.717, 1.165) is 31.6 Å². The number of alkyl halides is 6. The molecule has 3 heterocycles. The number of likely N-dealkylation sites (tertiary alicyclic amines) is 1. The molecule has 3 fully saturated rings. The molecule has 0 aromatic heterocycles. The zero-order valence-corrected chi connectivity index (χ0v) is 23.4. The number of benzene rings is 2. The zero-order valence-electron chi connectivity index (χ0n) is 23.4. The predicted molar refractivity (Wildman–Crippen MR) is 143 cm³/mol. The molecule has 0 bridgehead atoms. The van der Waals surface area contributed by atoms with Crippen LogP contribution in [0.2, 0.25) is 0 Å². The standard InChI is InChI=1S/C30H33F6N3O4/c31-29(32,33)23-17-22(18-24(19-23)30(34,35)36)26(40)38-11-7-28(8-12-38)25(21-5-2-1-3-6-21)20-39(27(41)43-28)10-4-9-37-13-15-42-16-14-37/h1-3,5-6,17-19,25H,4,7-16,20H2. The maximum atomic E-state index is 13.4. The lowest BCUT2D eigenvalue weighted by molar-refractivity contribution is -0.143. The van der Waals surface area contributed by atoms with E-state index in [9.17, 15) is 35.9 Å². The van der Waals surface area contributed by atoms with Crippen molar-refractivity contribution < 1.29 is 45.4 Å². The molecule has 2 amide bonds. The van der Waals surface area contributed by atoms with Crippen LogP contribution in [-0.2, 0) is 21.8 Å². The molecular formula is C30H33F6N3O4. The first-order valence-electron chi connectivity index (χ1n) is 14.3. The molecule has 2 aromatic rings. The SMILES string of the molecule is O=C1OC2(CCN(C(=O)c3cc(C(F)(F)F)cc(C(F)(F)F)c3)CC2)C(c2ccccc2)CN1CCCN1CCOCC1. The molecule has 3 aliphatic rings. The lowest BCUT2D eigenvalue weighted by atomic mass is 9.74. The fourth-order valence-electron chi connectivity index (χ4n) is 6.16. The molecule has 0 radical (unpaired) electrons. The Morgan fingerprint density at radius 3 is 2.05 bits per heavy atom. The van der Waals surface area contributed by atoms with E-state index in [4.69, 9.17) is 9.47 Å². The molecule has 3 saturated heterocycles. The number of ether oxygens (including phenoxy) is 2. The van der Waals surface area contributed by atoms with Crippen molar-refractivity contribution in [2.75, 3.05) is 59.0 Å². The molecule has 7 nitrogen and oxygen atoms in total. The van der Waals surface area contributed by atoms with E-state index < -0.39 is 46.6 Å². The van der Waals surface area contributed by atoms with E-state index in [0.29, 0.717) is 38.4 Å². The van der Waals surface area contributed by atoms with Crippen molar-refractivity contribution in [2.45, 2.75) is 43.1 Å². The van der Waals surface area contributed by atoms with Crippen LogP contribution >= 0.6 is 0 Å². The number of nitrogens with zero attached hydrogens (tertiary/aromatic N) is 3. The summed E-state index contributed by atoms with van der Waals surface area (Å²) in [6.45, 7) is 4.76. The number of amides is 2. The predicted octanol–water partition coefficient (Wildman–Crippen LogP) is 5.66. The van der Waals surface area contributed by atoms with Crippen LogP contribution in [0.3, 0.4) is 0 Å². The number of hydrogen-bond acceptors (Lipinski definition) is 5. The third-order valence-corrected chi connectivity index (χ3v) is 8.53. The second-order valence-corrected chi connectivity index (χ2v) is 11.2. The normalized spacial score (nSPS) is 21.6. The zero-order chi connectivity index (χ0) is 30.8. The number of morpholine rings is 1. The fourth-order valence-corrected chi connectivity index (χ4v) is 6.16. The molecule has 13 heteroatoms. The first-order chi connectivity index (χ1) is 20.4. The Morgan fingerprint density at radius 2 is 1.47 bits per heavy atom. The summed E-state index contributed by atoms with van der Waals surface area (Å²) in [7, 11) is 0. The molecule has 1 unspecified atom stereocenters. The summed E-state index contributed by atoms with van der Waals surface area (Å²) in [4.78, 5) is 31.6. The third kappa shape index (κ3) is 7.09. The van der Waals surface area contributed by atoms with Crippen molar-refractivity contribution in [1.29, 1.82) is 0 Å². The van der Waals surface area contributed by atoms with Crippen LogP contribution in [-0.4, -0.2) is 91.3 Å². The van der Waals surface area contributed by atoms with Gasteiger partial charge in [0.1, 0.15) is 5.60 Å². The van der Waals surface area contributed by atoms with E-state index >= 15 is 0 Å². The molecule has 0 saturated carbocycles. The van der Waals surface area contributed by atoms with Gasteiger partial charge in [0.05, 0.1) is 24.3 Å². The van der Waals surface area contributed by atoms with Gasteiger partial charge in [0.2, 0.25) is 0 Å². The molecule has 2 aromatic carbocycles. The number of piperidine rings is 1. The van der Waals surface area contributed by atoms with Gasteiger partial charge in [-0.3, -0.25) is 9.69 Å². The number of hydrogen-bond donors (Lipinski definition) is 0. The quantitative estimate of drug-likeness (QED) is 0.394. The van der Waals surface area contributed by atoms with Crippen LogP contribution < -0.4 is 0 Å². The summed E-state index contributed by atoms with van der Waals surface area (Å²) < 4.78 is 91.7. The summed E-state index contributed by atoms with van der Waals surface area (Å²) >= 11 is 0. The molecule has 0 aliphatic carbocycles. The molecule has 3 aliphatic heterocycles. The van der Waals surface area contributed by atoms with E-state index in [-0.39, 0.29) is 37.9 Å². The van der Waals surface area contributed by atoms with Gasteiger partial charge >= 0.3 is 18.4 Å². The minimum Gasteiger partial charge on any atom is -0.442 e. The largest absolute Gasteiger partial charge is 0.442 e. The summed E-state index contributed by atoms with van der Waals surface area (Å²) in [5.41, 5.74) is -3.80. The number of carbonyl (C=O) groups excluding carboxylic acids is 2. The Hall–Kier alpha value is -3.32. The molecule has 1 spiro atoms. The first-order valence-corrected chi connectivity index (χ1v) is 14.3. The van der Waals surface area contributed by atoms with Crippen LogP contribution in [0, 0.1) is 0 Å². The van der Waals surface area contributed by atoms with Crippen molar-refractivity contribution >= 4 is 12.0 Å². The summed E-state index contributed by atoms with van der Waals surface area (Å²) in [6.07, 6.45) is -9.46. The number of rotatable bonds is 6. The maximum Gasteiger partial charge on any atom is 0.416 e. The second-order valence-electron chi connectivity index (χ2n) is 11.2. The van der Waals surface area contributed by atoms with Gasteiger partial charge in [-0.25, -0.2) is 4.79 Å². The molecule has 1 atom stereocenters. The van der Waals surface area contributed by atoms with Crippen molar-refractivity contribution in [3.63, 3.8) is 0 Å². The minimum absolute atomic E-state index is 0.000613. The summed E-state index contributed by atoms with van der Waals surface area (Å²) in [6, 6.07) is 10.4. The Labute approximate surface area is 245 Å². The van der Waals surface area contributed by atoms with Gasteiger partial charge in [0.15, 0.2) is 0 Å². The van der Waals surface area contributed by atoms with Crippen LogP contribution in [0.15, 0.2) is 48.5 Å². The topological polar surface area (TPSA) is 62.3 Å². The van der Waals surface area contributed by atoms with Gasteiger partial charge in [-0.05, 0) is 30.2 Å². The average Bonchev–Trinajstić information content (AvgIpc) is 2.98. The van der Waals surface area contributed by atoms with Crippen molar-refractivity contribution in [3.8, 4) is 0 Å². The van der Waals surface area contributed by atoms with Gasteiger partial charge in [-0.15, -0.1) is 0 Å². The van der Waals surface area contributed by atoms with Crippen LogP contribution in [0.5, 0.6) is 0 Å². The Kier molecular flexibility index (Phi) is 8.94. The summed E-state index contributed by atoms with van der Waals surface area (Å²) in [5, 5.41) is 0. The van der Waals surface area contributed by atoms with Gasteiger partial charge in [0.25, 0.3) is 5.91 Å². The van der Waals surface area contributed by atoms with E-state index in [1.165, 1.54) is 4.90 Å². The Morgan fingerprint density at radius 1 is 0.860 bits per heavy atom. The lowest BCUT2D eigenvalue weighted by Gasteiger charge is -2.50. The number of halogens is 6. The highest BCUT2D eigenvalue weighted by Crippen LogP contribution is 2.44. The molecule has 234 valence electrons. The van der Waals surface area contributed by atoms with E-state index in [2.05, 4.69) is 4.90 Å². The van der Waals surface area contributed by atoms with Crippen molar-refractivity contribution in [1.82, 2.24) is 14.7 Å². The van der Waals surface area contributed by atoms with Crippen LogP contribution in [0.1, 0.15) is 52.2 Å². The van der Waals surface area contributed by atoms with E-state index in [1.54, 1.807) is 4.90 Å². The van der Waals surface area contributed by atoms with Crippen molar-refractivity contribution in [3.05, 3.63) is 70.8 Å². The molecular weight excluding hydrogens is 580 g/mol. The van der Waals surface area contributed by atoms with E-state index in [1.807, 2.05) is 30.3 Å².